The fourth-order valence-corrected chi connectivity index (χ4v) is 2.31. The number of rotatable bonds is 2. The molecule has 0 saturated heterocycles. The van der Waals surface area contributed by atoms with Gasteiger partial charge in [-0.3, -0.25) is 10.1 Å². The predicted octanol–water partition coefficient (Wildman–Crippen LogP) is 1.75. The van der Waals surface area contributed by atoms with Crippen LogP contribution in [0.2, 0.25) is 0 Å². The SMILES string of the molecule is Cc1nc(NC(=O)c2ncccc2C#CCO)sc1C. The standard InChI is InChI=1S/C14H13N3O2S/c1-9-10(2)20-14(16-9)17-13(19)12-11(6-4-8-18)5-3-7-15-12/h3,5,7,18H,8H2,1-2H3,(H,16,17,19). The van der Waals surface area contributed by atoms with Crippen LogP contribution in [-0.2, 0) is 0 Å². The molecule has 0 aliphatic heterocycles. The highest BCUT2D eigenvalue weighted by atomic mass is 32.1. The number of nitrogens with one attached hydrogen (secondary N) is 1. The van der Waals surface area contributed by atoms with E-state index < -0.39 is 0 Å². The molecule has 0 unspecified atom stereocenters. The van der Waals surface area contributed by atoms with Crippen molar-refractivity contribution in [1.82, 2.24) is 9.97 Å². The average Bonchev–Trinajstić information content (AvgIpc) is 2.75. The number of nitrogens with zero attached hydrogens (tertiary/aromatic N) is 2. The van der Waals surface area contributed by atoms with E-state index >= 15 is 0 Å². The first-order valence-corrected chi connectivity index (χ1v) is 6.73. The Balaban J connectivity index is 2.25. The number of aromatic nitrogens is 2. The zero-order valence-corrected chi connectivity index (χ0v) is 11.9. The number of carbonyl (C=O) groups is 1. The fourth-order valence-electron chi connectivity index (χ4n) is 1.50. The lowest BCUT2D eigenvalue weighted by Crippen LogP contribution is -2.15. The molecule has 6 heteroatoms. The summed E-state index contributed by atoms with van der Waals surface area (Å²) in [6, 6.07) is 3.37. The molecule has 0 aromatic carbocycles. The summed E-state index contributed by atoms with van der Waals surface area (Å²) in [5.41, 5.74) is 1.59. The molecule has 0 saturated carbocycles. The van der Waals surface area contributed by atoms with Gasteiger partial charge in [0.25, 0.3) is 5.91 Å². The highest BCUT2D eigenvalue weighted by Crippen LogP contribution is 2.21. The van der Waals surface area contributed by atoms with Crippen molar-refractivity contribution in [3.05, 3.63) is 40.2 Å². The molecule has 2 aromatic rings. The van der Waals surface area contributed by atoms with E-state index in [0.29, 0.717) is 10.7 Å². The quantitative estimate of drug-likeness (QED) is 0.825. The molecule has 2 rings (SSSR count). The third-order valence-electron chi connectivity index (χ3n) is 2.57. The van der Waals surface area contributed by atoms with Crippen LogP contribution >= 0.6 is 11.3 Å². The van der Waals surface area contributed by atoms with Gasteiger partial charge in [-0.05, 0) is 26.0 Å². The fraction of sp³-hybridized carbons (Fsp3) is 0.214. The number of aliphatic hydroxyl groups is 1. The van der Waals surface area contributed by atoms with Crippen LogP contribution in [0.4, 0.5) is 5.13 Å². The van der Waals surface area contributed by atoms with E-state index in [4.69, 9.17) is 5.11 Å². The molecule has 2 aromatic heterocycles. The van der Waals surface area contributed by atoms with Gasteiger partial charge in [-0.25, -0.2) is 9.97 Å². The maximum atomic E-state index is 12.2. The van der Waals surface area contributed by atoms with Crippen molar-refractivity contribution in [2.75, 3.05) is 11.9 Å². The van der Waals surface area contributed by atoms with E-state index in [1.807, 2.05) is 13.8 Å². The van der Waals surface area contributed by atoms with Gasteiger partial charge in [0.2, 0.25) is 0 Å². The number of aliphatic hydroxyl groups excluding tert-OH is 1. The van der Waals surface area contributed by atoms with Gasteiger partial charge in [-0.1, -0.05) is 11.8 Å². The van der Waals surface area contributed by atoms with E-state index in [2.05, 4.69) is 27.1 Å². The molecule has 2 N–H and O–H groups in total. The minimum absolute atomic E-state index is 0.221. The van der Waals surface area contributed by atoms with Crippen LogP contribution in [0.25, 0.3) is 0 Å². The molecule has 2 heterocycles. The van der Waals surface area contributed by atoms with Crippen LogP contribution in [0.15, 0.2) is 18.3 Å². The summed E-state index contributed by atoms with van der Waals surface area (Å²) < 4.78 is 0. The van der Waals surface area contributed by atoms with E-state index in [9.17, 15) is 4.79 Å². The molecule has 5 nitrogen and oxygen atoms in total. The van der Waals surface area contributed by atoms with Gasteiger partial charge in [0.05, 0.1) is 11.3 Å². The van der Waals surface area contributed by atoms with E-state index in [0.717, 1.165) is 10.6 Å². The second kappa shape index (κ2) is 6.28. The first-order chi connectivity index (χ1) is 9.61. The molecule has 0 spiro atoms. The Hall–Kier alpha value is -2.23. The second-order valence-electron chi connectivity index (χ2n) is 3.97. The summed E-state index contributed by atoms with van der Waals surface area (Å²) in [4.78, 5) is 21.5. The van der Waals surface area contributed by atoms with E-state index in [1.54, 1.807) is 12.1 Å². The Kier molecular flexibility index (Phi) is 4.45. The molecular weight excluding hydrogens is 274 g/mol. The molecule has 102 valence electrons. The zero-order valence-electron chi connectivity index (χ0n) is 11.1. The smallest absolute Gasteiger partial charge is 0.277 e. The van der Waals surface area contributed by atoms with Gasteiger partial charge in [0.1, 0.15) is 12.3 Å². The van der Waals surface area contributed by atoms with Gasteiger partial charge in [0, 0.05) is 11.1 Å². The average molecular weight is 287 g/mol. The lowest BCUT2D eigenvalue weighted by Gasteiger charge is -2.02. The maximum absolute atomic E-state index is 12.2. The number of hydrogen-bond donors (Lipinski definition) is 2. The summed E-state index contributed by atoms with van der Waals surface area (Å²) in [6.07, 6.45) is 1.53. The van der Waals surface area contributed by atoms with Gasteiger partial charge in [-0.15, -0.1) is 11.3 Å². The topological polar surface area (TPSA) is 75.1 Å². The number of anilines is 1. The molecule has 1 amide bonds. The number of pyridine rings is 1. The number of carbonyl (C=O) groups excluding carboxylic acids is 1. The van der Waals surface area contributed by atoms with E-state index in [-0.39, 0.29) is 18.2 Å². The largest absolute Gasteiger partial charge is 0.384 e. The molecule has 0 aliphatic carbocycles. The number of thiazole rings is 1. The minimum atomic E-state index is -0.360. The third kappa shape index (κ3) is 3.20. The maximum Gasteiger partial charge on any atom is 0.277 e. The summed E-state index contributed by atoms with van der Waals surface area (Å²) in [5, 5.41) is 12.0. The van der Waals surface area contributed by atoms with Crippen LogP contribution in [0.1, 0.15) is 26.6 Å². The number of aryl methyl sites for hydroxylation is 2. The van der Waals surface area contributed by atoms with Crippen LogP contribution in [-0.4, -0.2) is 27.6 Å². The lowest BCUT2D eigenvalue weighted by atomic mass is 10.2. The van der Waals surface area contributed by atoms with E-state index in [1.165, 1.54) is 17.5 Å². The van der Waals surface area contributed by atoms with Crippen molar-refractivity contribution in [3.8, 4) is 11.8 Å². The van der Waals surface area contributed by atoms with Gasteiger partial charge in [-0.2, -0.15) is 0 Å². The summed E-state index contributed by atoms with van der Waals surface area (Å²) >= 11 is 1.41. The predicted molar refractivity (Wildman–Crippen MR) is 77.7 cm³/mol. The third-order valence-corrected chi connectivity index (χ3v) is 3.56. The van der Waals surface area contributed by atoms with Gasteiger partial charge >= 0.3 is 0 Å². The molecule has 0 aliphatic rings. The molecule has 20 heavy (non-hydrogen) atoms. The summed E-state index contributed by atoms with van der Waals surface area (Å²) in [6.45, 7) is 3.57. The van der Waals surface area contributed by atoms with Gasteiger partial charge < -0.3 is 5.11 Å². The van der Waals surface area contributed by atoms with Crippen molar-refractivity contribution in [1.29, 1.82) is 0 Å². The highest BCUT2D eigenvalue weighted by molar-refractivity contribution is 7.15. The van der Waals surface area contributed by atoms with Crippen LogP contribution in [0.3, 0.4) is 0 Å². The summed E-state index contributed by atoms with van der Waals surface area (Å²) in [5.74, 6) is 4.86. The van der Waals surface area contributed by atoms with Crippen LogP contribution in [0, 0.1) is 25.7 Å². The molecule has 0 radical (unpaired) electrons. The Labute approximate surface area is 120 Å². The Bertz CT molecular complexity index is 678. The van der Waals surface area contributed by atoms with Crippen molar-refractivity contribution < 1.29 is 9.90 Å². The van der Waals surface area contributed by atoms with Crippen LogP contribution in [0.5, 0.6) is 0 Å². The van der Waals surface area contributed by atoms with Crippen molar-refractivity contribution in [3.63, 3.8) is 0 Å². The normalized spacial score (nSPS) is 9.75. The summed E-state index contributed by atoms with van der Waals surface area (Å²) in [7, 11) is 0. The molecule has 0 bridgehead atoms. The second-order valence-corrected chi connectivity index (χ2v) is 5.18. The molecule has 0 fully saturated rings. The lowest BCUT2D eigenvalue weighted by molar-refractivity contribution is 0.102. The number of hydrogen-bond acceptors (Lipinski definition) is 5. The highest BCUT2D eigenvalue weighted by Gasteiger charge is 2.14. The molecular formula is C14H13N3O2S. The van der Waals surface area contributed by atoms with Crippen molar-refractivity contribution in [2.45, 2.75) is 13.8 Å². The monoisotopic (exact) mass is 287 g/mol. The molecule has 0 atom stereocenters. The van der Waals surface area contributed by atoms with Crippen molar-refractivity contribution >= 4 is 22.4 Å². The first-order valence-electron chi connectivity index (χ1n) is 5.92. The minimum Gasteiger partial charge on any atom is -0.384 e. The first kappa shape index (κ1) is 14.2. The zero-order chi connectivity index (χ0) is 14.5. The Morgan fingerprint density at radius 2 is 2.30 bits per heavy atom. The van der Waals surface area contributed by atoms with Gasteiger partial charge in [0.15, 0.2) is 5.13 Å². The Morgan fingerprint density at radius 1 is 1.50 bits per heavy atom. The Morgan fingerprint density at radius 3 is 2.95 bits per heavy atom. The van der Waals surface area contributed by atoms with Crippen LogP contribution < -0.4 is 5.32 Å². The number of amides is 1. The van der Waals surface area contributed by atoms with Crippen molar-refractivity contribution in [2.24, 2.45) is 0 Å².